The minimum atomic E-state index is -0.765. The summed E-state index contributed by atoms with van der Waals surface area (Å²) in [6.07, 6.45) is 0. The molecule has 1 aromatic carbocycles. The minimum Gasteiger partial charge on any atom is -0.337 e. The first-order chi connectivity index (χ1) is 9.29. The molecule has 2 N–H and O–H groups in total. The lowest BCUT2D eigenvalue weighted by atomic mass is 9.93. The highest BCUT2D eigenvalue weighted by Crippen LogP contribution is 2.28. The van der Waals surface area contributed by atoms with E-state index in [1.807, 2.05) is 37.3 Å². The number of rotatable bonds is 4. The number of nitrogens with zero attached hydrogens (tertiary/aromatic N) is 2. The normalized spacial score (nSPS) is 15.1. The molecule has 108 valence electrons. The lowest BCUT2D eigenvalue weighted by molar-refractivity contribution is 0.323. The van der Waals surface area contributed by atoms with E-state index in [1.54, 1.807) is 11.8 Å². The predicted molar refractivity (Wildman–Crippen MR) is 82.4 cm³/mol. The highest BCUT2D eigenvalue weighted by molar-refractivity contribution is 7.99. The molecule has 1 atom stereocenters. The van der Waals surface area contributed by atoms with Gasteiger partial charge in [-0.15, -0.1) is 11.8 Å². The van der Waals surface area contributed by atoms with Gasteiger partial charge in [0.05, 0.1) is 5.75 Å². The molecule has 0 aliphatic rings. The highest BCUT2D eigenvalue weighted by atomic mass is 32.2. The van der Waals surface area contributed by atoms with E-state index >= 15 is 0 Å². The first-order valence-electron chi connectivity index (χ1n) is 6.60. The maximum absolute atomic E-state index is 6.35. The topological polar surface area (TPSA) is 64.9 Å². The Hall–Kier alpha value is -1.33. The molecular weight excluding hydrogens is 270 g/mol. The molecule has 0 saturated heterocycles. The van der Waals surface area contributed by atoms with Gasteiger partial charge in [-0.2, -0.15) is 4.98 Å². The SMILES string of the molecule is CC(C)(C)SCc1noc(C(C)(N)c2ccccc2)n1. The molecule has 0 radical (unpaired) electrons. The van der Waals surface area contributed by atoms with Gasteiger partial charge in [-0.25, -0.2) is 0 Å². The third-order valence-electron chi connectivity index (χ3n) is 2.92. The van der Waals surface area contributed by atoms with Crippen LogP contribution in [0.5, 0.6) is 0 Å². The van der Waals surface area contributed by atoms with E-state index in [2.05, 4.69) is 30.9 Å². The van der Waals surface area contributed by atoms with E-state index in [-0.39, 0.29) is 4.75 Å². The maximum atomic E-state index is 6.35. The van der Waals surface area contributed by atoms with Crippen LogP contribution in [-0.4, -0.2) is 14.9 Å². The largest absolute Gasteiger partial charge is 0.337 e. The van der Waals surface area contributed by atoms with Gasteiger partial charge < -0.3 is 10.3 Å². The Kier molecular flexibility index (Phi) is 4.20. The van der Waals surface area contributed by atoms with Gasteiger partial charge in [-0.1, -0.05) is 56.3 Å². The summed E-state index contributed by atoms with van der Waals surface area (Å²) in [6, 6.07) is 9.79. The van der Waals surface area contributed by atoms with E-state index in [9.17, 15) is 0 Å². The maximum Gasteiger partial charge on any atom is 0.251 e. The van der Waals surface area contributed by atoms with Gasteiger partial charge >= 0.3 is 0 Å². The van der Waals surface area contributed by atoms with Crippen molar-refractivity contribution in [2.75, 3.05) is 0 Å². The van der Waals surface area contributed by atoms with Gasteiger partial charge in [0.25, 0.3) is 5.89 Å². The molecule has 0 aliphatic heterocycles. The lowest BCUT2D eigenvalue weighted by Gasteiger charge is -2.20. The highest BCUT2D eigenvalue weighted by Gasteiger charge is 2.30. The van der Waals surface area contributed by atoms with Crippen molar-refractivity contribution in [3.63, 3.8) is 0 Å². The summed E-state index contributed by atoms with van der Waals surface area (Å²) < 4.78 is 5.52. The standard InChI is InChI=1S/C15H21N3OS/c1-14(2,3)20-10-12-17-13(19-18-12)15(4,16)11-8-6-5-7-9-11/h5-9H,10,16H2,1-4H3. The number of aromatic nitrogens is 2. The van der Waals surface area contributed by atoms with Crippen LogP contribution in [0.25, 0.3) is 0 Å². The van der Waals surface area contributed by atoms with Crippen LogP contribution >= 0.6 is 11.8 Å². The number of thioether (sulfide) groups is 1. The molecule has 1 heterocycles. The van der Waals surface area contributed by atoms with Crippen molar-refractivity contribution in [1.82, 2.24) is 10.1 Å². The molecule has 0 bridgehead atoms. The van der Waals surface area contributed by atoms with Crippen LogP contribution in [0.3, 0.4) is 0 Å². The van der Waals surface area contributed by atoms with Crippen LogP contribution in [0.4, 0.5) is 0 Å². The second kappa shape index (κ2) is 5.58. The summed E-state index contributed by atoms with van der Waals surface area (Å²) in [4.78, 5) is 4.44. The van der Waals surface area contributed by atoms with Crippen molar-refractivity contribution in [2.45, 2.75) is 43.7 Å². The van der Waals surface area contributed by atoms with Crippen LogP contribution in [0.15, 0.2) is 34.9 Å². The predicted octanol–water partition coefficient (Wildman–Crippen LogP) is 3.32. The van der Waals surface area contributed by atoms with E-state index in [0.717, 1.165) is 11.3 Å². The Morgan fingerprint density at radius 3 is 2.40 bits per heavy atom. The summed E-state index contributed by atoms with van der Waals surface area (Å²) in [6.45, 7) is 8.37. The third kappa shape index (κ3) is 3.61. The van der Waals surface area contributed by atoms with Gasteiger partial charge in [-0.05, 0) is 12.5 Å². The van der Waals surface area contributed by atoms with Crippen molar-refractivity contribution in [3.05, 3.63) is 47.6 Å². The van der Waals surface area contributed by atoms with Gasteiger partial charge in [0, 0.05) is 4.75 Å². The van der Waals surface area contributed by atoms with Crippen molar-refractivity contribution >= 4 is 11.8 Å². The molecule has 0 saturated carbocycles. The van der Waals surface area contributed by atoms with Crippen LogP contribution in [0, 0.1) is 0 Å². The Labute approximate surface area is 124 Å². The first-order valence-corrected chi connectivity index (χ1v) is 7.59. The number of benzene rings is 1. The molecule has 0 aliphatic carbocycles. The molecule has 2 aromatic rings. The Bertz CT molecular complexity index is 558. The molecule has 2 rings (SSSR count). The fraction of sp³-hybridized carbons (Fsp3) is 0.467. The fourth-order valence-corrected chi connectivity index (χ4v) is 2.39. The van der Waals surface area contributed by atoms with Crippen LogP contribution in [0.2, 0.25) is 0 Å². The zero-order valence-corrected chi connectivity index (χ0v) is 13.2. The van der Waals surface area contributed by atoms with Gasteiger partial charge in [0.2, 0.25) is 0 Å². The van der Waals surface area contributed by atoms with Crippen molar-refractivity contribution in [2.24, 2.45) is 5.73 Å². The molecule has 20 heavy (non-hydrogen) atoms. The quantitative estimate of drug-likeness (QED) is 0.936. The monoisotopic (exact) mass is 291 g/mol. The van der Waals surface area contributed by atoms with Gasteiger partial charge in [0.1, 0.15) is 5.54 Å². The number of hydrogen-bond donors (Lipinski definition) is 1. The van der Waals surface area contributed by atoms with Gasteiger partial charge in [0.15, 0.2) is 5.82 Å². The molecule has 0 fully saturated rings. The summed E-state index contributed by atoms with van der Waals surface area (Å²) in [5.74, 6) is 1.86. The summed E-state index contributed by atoms with van der Waals surface area (Å²) >= 11 is 1.78. The van der Waals surface area contributed by atoms with Crippen molar-refractivity contribution in [1.29, 1.82) is 0 Å². The van der Waals surface area contributed by atoms with E-state index in [4.69, 9.17) is 10.3 Å². The zero-order chi connectivity index (χ0) is 14.8. The second-order valence-electron chi connectivity index (χ2n) is 5.99. The molecule has 1 unspecified atom stereocenters. The van der Waals surface area contributed by atoms with E-state index in [0.29, 0.717) is 11.7 Å². The smallest absolute Gasteiger partial charge is 0.251 e. The zero-order valence-electron chi connectivity index (χ0n) is 12.4. The van der Waals surface area contributed by atoms with Gasteiger partial charge in [-0.3, -0.25) is 0 Å². The molecular formula is C15H21N3OS. The average Bonchev–Trinajstić information content (AvgIpc) is 2.86. The third-order valence-corrected chi connectivity index (χ3v) is 4.19. The average molecular weight is 291 g/mol. The summed E-state index contributed by atoms with van der Waals surface area (Å²) in [7, 11) is 0. The van der Waals surface area contributed by atoms with E-state index < -0.39 is 5.54 Å². The number of nitrogens with two attached hydrogens (primary N) is 1. The van der Waals surface area contributed by atoms with Crippen molar-refractivity contribution in [3.8, 4) is 0 Å². The fourth-order valence-electron chi connectivity index (χ4n) is 1.71. The molecule has 0 spiro atoms. The summed E-state index contributed by atoms with van der Waals surface area (Å²) in [5, 5.41) is 4.02. The minimum absolute atomic E-state index is 0.173. The number of hydrogen-bond acceptors (Lipinski definition) is 5. The summed E-state index contributed by atoms with van der Waals surface area (Å²) in [5.41, 5.74) is 6.54. The molecule has 0 amide bonds. The molecule has 4 nitrogen and oxygen atoms in total. The lowest BCUT2D eigenvalue weighted by Crippen LogP contribution is -2.34. The first kappa shape index (κ1) is 15.1. The second-order valence-corrected chi connectivity index (χ2v) is 7.79. The Morgan fingerprint density at radius 1 is 1.15 bits per heavy atom. The van der Waals surface area contributed by atoms with Crippen LogP contribution in [0.1, 0.15) is 45.0 Å². The van der Waals surface area contributed by atoms with Crippen molar-refractivity contribution < 1.29 is 4.52 Å². The Morgan fingerprint density at radius 2 is 1.80 bits per heavy atom. The van der Waals surface area contributed by atoms with Crippen LogP contribution < -0.4 is 5.73 Å². The molecule has 5 heteroatoms. The molecule has 1 aromatic heterocycles. The van der Waals surface area contributed by atoms with E-state index in [1.165, 1.54) is 0 Å². The van der Waals surface area contributed by atoms with Crippen LogP contribution in [-0.2, 0) is 11.3 Å². The Balaban J connectivity index is 2.16.